The number of rotatable bonds is 6. The average molecular weight is 556 g/mol. The lowest BCUT2D eigenvalue weighted by atomic mass is 9.64. The topological polar surface area (TPSA) is 66.8 Å². The van der Waals surface area contributed by atoms with Crippen LogP contribution < -0.4 is 0 Å². The number of aliphatic carboxylic acids is 1. The molecule has 1 aliphatic rings. The van der Waals surface area contributed by atoms with Crippen LogP contribution in [0.15, 0.2) is 59.7 Å². The molecule has 0 aliphatic heterocycles. The van der Waals surface area contributed by atoms with Crippen LogP contribution in [0.4, 0.5) is 8.78 Å². The molecule has 0 spiro atoms. The number of carboxylic acids is 1. The maximum atomic E-state index is 13.3. The Morgan fingerprint density at radius 1 is 1.34 bits per heavy atom. The van der Waals surface area contributed by atoms with Crippen LogP contribution in [-0.2, 0) is 13.5 Å². The van der Waals surface area contributed by atoms with Gasteiger partial charge >= 0.3 is 9.90 Å². The molecule has 7 heteroatoms. The standard InChI is InChI=1S/C25H27F2IO4/c1-17(14-22(29)30)11-12-24(31)18(2)15-21(16-23(24,3)4)32-13-5-6-19-7-9-20(10-8-19)25(26,27)28/h7-12,14-15,21,31H,13,16H2,1-4H3,(H,29,30)/b12-11+,17-14-/t21-,24-/m1/s1. The maximum Gasteiger partial charge on any atom is 0.328 e. The van der Waals surface area contributed by atoms with Crippen molar-refractivity contribution in [3.05, 3.63) is 70.8 Å². The van der Waals surface area contributed by atoms with E-state index in [9.17, 15) is 18.7 Å². The Balaban J connectivity index is 2.06. The third kappa shape index (κ3) is 6.74. The van der Waals surface area contributed by atoms with E-state index in [1.807, 2.05) is 26.8 Å². The van der Waals surface area contributed by atoms with Gasteiger partial charge in [0.1, 0.15) is 12.2 Å². The van der Waals surface area contributed by atoms with E-state index in [0.29, 0.717) is 23.1 Å². The number of aliphatic hydroxyl groups is 1. The lowest BCUT2D eigenvalue weighted by Crippen LogP contribution is -2.49. The van der Waals surface area contributed by atoms with Crippen LogP contribution in [0.5, 0.6) is 0 Å². The van der Waals surface area contributed by atoms with Crippen molar-refractivity contribution in [1.29, 1.82) is 0 Å². The first-order valence-corrected chi connectivity index (χ1v) is 11.1. The molecule has 2 rings (SSSR count). The number of allylic oxidation sites excluding steroid dienone is 2. The number of hydrogen-bond acceptors (Lipinski definition) is 3. The molecule has 0 saturated carbocycles. The molecule has 0 fully saturated rings. The first kappa shape index (κ1) is 26.2. The van der Waals surface area contributed by atoms with Crippen LogP contribution in [-0.4, -0.2) is 34.5 Å². The number of ether oxygens (including phenoxy) is 1. The highest BCUT2D eigenvalue weighted by Gasteiger charge is 2.47. The molecule has 0 heterocycles. The van der Waals surface area contributed by atoms with Gasteiger partial charge in [0.15, 0.2) is 0 Å². The van der Waals surface area contributed by atoms with Gasteiger partial charge in [-0.15, -0.1) is 0 Å². The fourth-order valence-electron chi connectivity index (χ4n) is 3.65. The van der Waals surface area contributed by atoms with Crippen molar-refractivity contribution in [2.45, 2.75) is 49.8 Å². The molecule has 2 atom stereocenters. The molecule has 0 bridgehead atoms. The Kier molecular flexibility index (Phi) is 8.43. The zero-order valence-electron chi connectivity index (χ0n) is 18.5. The largest absolute Gasteiger partial charge is 0.478 e. The van der Waals surface area contributed by atoms with Crippen molar-refractivity contribution < 1.29 is 28.5 Å². The van der Waals surface area contributed by atoms with Gasteiger partial charge in [0, 0.05) is 45.2 Å². The number of hydrogen-bond donors (Lipinski definition) is 2. The molecule has 32 heavy (non-hydrogen) atoms. The molecule has 0 unspecified atom stereocenters. The fraction of sp³-hybridized carbons (Fsp3) is 0.400. The minimum absolute atomic E-state index is 0.0693. The van der Waals surface area contributed by atoms with Gasteiger partial charge in [-0.25, -0.2) is 4.79 Å². The summed E-state index contributed by atoms with van der Waals surface area (Å²) in [6.45, 7) is 7.49. The van der Waals surface area contributed by atoms with E-state index < -0.39 is 20.9 Å². The molecule has 1 aliphatic carbocycles. The smallest absolute Gasteiger partial charge is 0.328 e. The predicted molar refractivity (Wildman–Crippen MR) is 129 cm³/mol. The third-order valence-corrected chi connectivity index (χ3v) is 6.16. The zero-order valence-corrected chi connectivity index (χ0v) is 20.6. The van der Waals surface area contributed by atoms with Crippen molar-refractivity contribution in [3.63, 3.8) is 0 Å². The second-order valence-electron chi connectivity index (χ2n) is 8.49. The lowest BCUT2D eigenvalue weighted by Gasteiger charge is -2.46. The van der Waals surface area contributed by atoms with E-state index >= 15 is 0 Å². The van der Waals surface area contributed by atoms with Crippen molar-refractivity contribution in [1.82, 2.24) is 0 Å². The van der Waals surface area contributed by atoms with E-state index in [1.54, 1.807) is 31.2 Å². The van der Waals surface area contributed by atoms with Gasteiger partial charge in [-0.1, -0.05) is 50.0 Å². The minimum atomic E-state index is -2.91. The molecular formula is C25H27F2IO4. The first-order chi connectivity index (χ1) is 14.7. The van der Waals surface area contributed by atoms with Gasteiger partial charge in [0.2, 0.25) is 0 Å². The van der Waals surface area contributed by atoms with Gasteiger partial charge in [0.25, 0.3) is 0 Å². The van der Waals surface area contributed by atoms with Crippen molar-refractivity contribution >= 4 is 28.6 Å². The van der Waals surface area contributed by atoms with Crippen LogP contribution in [0.25, 0.3) is 0 Å². The van der Waals surface area contributed by atoms with Gasteiger partial charge in [-0.2, -0.15) is 8.78 Å². The van der Waals surface area contributed by atoms with Crippen molar-refractivity contribution in [2.75, 3.05) is 6.61 Å². The maximum absolute atomic E-state index is 13.3. The number of alkyl halides is 3. The Morgan fingerprint density at radius 2 is 1.97 bits per heavy atom. The molecule has 0 saturated heterocycles. The Hall–Kier alpha value is -2.02. The summed E-state index contributed by atoms with van der Waals surface area (Å²) in [6, 6.07) is 5.81. The molecule has 0 radical (unpaired) electrons. The second kappa shape index (κ2) is 10.3. The molecule has 1 aromatic rings. The lowest BCUT2D eigenvalue weighted by molar-refractivity contribution is -0.131. The normalized spacial score (nSPS) is 23.4. The number of benzene rings is 1. The van der Waals surface area contributed by atoms with Crippen molar-refractivity contribution in [3.8, 4) is 11.8 Å². The van der Waals surface area contributed by atoms with E-state index in [0.717, 1.165) is 28.7 Å². The summed E-state index contributed by atoms with van der Waals surface area (Å²) in [5.74, 6) is 4.76. The van der Waals surface area contributed by atoms with Crippen LogP contribution >= 0.6 is 22.6 Å². The third-order valence-electron chi connectivity index (χ3n) is 5.53. The number of carbonyl (C=O) groups is 1. The molecule has 0 aromatic heterocycles. The number of halogens is 3. The van der Waals surface area contributed by atoms with Gasteiger partial charge < -0.3 is 14.9 Å². The van der Waals surface area contributed by atoms with Crippen LogP contribution in [0.3, 0.4) is 0 Å². The highest BCUT2D eigenvalue weighted by atomic mass is 127. The average Bonchev–Trinajstić information content (AvgIpc) is 2.67. The van der Waals surface area contributed by atoms with Crippen LogP contribution in [0, 0.1) is 17.3 Å². The summed E-state index contributed by atoms with van der Waals surface area (Å²) >= 11 is 1.09. The Labute approximate surface area is 201 Å². The quantitative estimate of drug-likeness (QED) is 0.120. The second-order valence-corrected chi connectivity index (χ2v) is 9.85. The van der Waals surface area contributed by atoms with Crippen LogP contribution in [0.2, 0.25) is 0 Å². The van der Waals surface area contributed by atoms with E-state index in [1.165, 1.54) is 12.1 Å². The monoisotopic (exact) mass is 556 g/mol. The summed E-state index contributed by atoms with van der Waals surface area (Å²) in [4.78, 5) is 10.8. The molecule has 0 amide bonds. The highest BCUT2D eigenvalue weighted by Crippen LogP contribution is 2.46. The SMILES string of the molecule is CC1=C[C@@H](OCC#Cc2ccc(C(F)(F)I)cc2)CC(C)(C)[C@@]1(O)/C=C/C(C)=C\C(=O)O. The number of carboxylic acid groups (broad SMARTS) is 1. The van der Waals surface area contributed by atoms with Gasteiger partial charge in [-0.05, 0) is 49.6 Å². The summed E-state index contributed by atoms with van der Waals surface area (Å²) < 4.78 is 29.5. The first-order valence-electron chi connectivity index (χ1n) is 10.0. The van der Waals surface area contributed by atoms with E-state index in [2.05, 4.69) is 11.8 Å². The molecule has 4 nitrogen and oxygen atoms in total. The zero-order chi connectivity index (χ0) is 24.2. The minimum Gasteiger partial charge on any atom is -0.478 e. The van der Waals surface area contributed by atoms with E-state index in [-0.39, 0.29) is 18.3 Å². The highest BCUT2D eigenvalue weighted by molar-refractivity contribution is 14.1. The Morgan fingerprint density at radius 3 is 2.50 bits per heavy atom. The van der Waals surface area contributed by atoms with Crippen molar-refractivity contribution in [2.24, 2.45) is 5.41 Å². The predicted octanol–water partition coefficient (Wildman–Crippen LogP) is 5.60. The fourth-order valence-corrected chi connectivity index (χ4v) is 4.01. The molecule has 172 valence electrons. The summed E-state index contributed by atoms with van der Waals surface area (Å²) in [6.07, 6.45) is 6.47. The summed E-state index contributed by atoms with van der Waals surface area (Å²) in [5, 5.41) is 20.2. The van der Waals surface area contributed by atoms with Crippen LogP contribution in [0.1, 0.15) is 45.2 Å². The van der Waals surface area contributed by atoms with Gasteiger partial charge in [-0.3, -0.25) is 0 Å². The van der Waals surface area contributed by atoms with E-state index in [4.69, 9.17) is 9.84 Å². The summed E-state index contributed by atoms with van der Waals surface area (Å²) in [5.41, 5.74) is -0.0168. The Bertz CT molecular complexity index is 991. The molecule has 2 N–H and O–H groups in total. The summed E-state index contributed by atoms with van der Waals surface area (Å²) in [7, 11) is 0. The molecule has 1 aromatic carbocycles. The van der Waals surface area contributed by atoms with Gasteiger partial charge in [0.05, 0.1) is 6.10 Å². The molecular weight excluding hydrogens is 529 g/mol.